The zero-order valence-corrected chi connectivity index (χ0v) is 11.8. The van der Waals surface area contributed by atoms with Gasteiger partial charge in [0.05, 0.1) is 20.3 Å². The minimum absolute atomic E-state index is 0.306. The summed E-state index contributed by atoms with van der Waals surface area (Å²) < 4.78 is 24.4. The molecule has 0 amide bonds. The SMILES string of the molecule is COc1cc(OC)cc(C(N)c2ccc(C)cc2F)c1. The van der Waals surface area contributed by atoms with Crippen molar-refractivity contribution in [3.63, 3.8) is 0 Å². The lowest BCUT2D eigenvalue weighted by Crippen LogP contribution is -2.14. The van der Waals surface area contributed by atoms with E-state index >= 15 is 0 Å². The van der Waals surface area contributed by atoms with Gasteiger partial charge >= 0.3 is 0 Å². The van der Waals surface area contributed by atoms with E-state index < -0.39 is 6.04 Å². The first-order chi connectivity index (χ1) is 9.55. The van der Waals surface area contributed by atoms with Crippen molar-refractivity contribution >= 4 is 0 Å². The molecule has 0 bridgehead atoms. The Bertz CT molecular complexity index is 591. The molecule has 1 unspecified atom stereocenters. The van der Waals surface area contributed by atoms with Crippen LogP contribution < -0.4 is 15.2 Å². The predicted molar refractivity (Wildman–Crippen MR) is 76.7 cm³/mol. The lowest BCUT2D eigenvalue weighted by atomic mass is 9.97. The first-order valence-corrected chi connectivity index (χ1v) is 6.29. The molecule has 0 heterocycles. The van der Waals surface area contributed by atoms with Crippen LogP contribution in [0.2, 0.25) is 0 Å². The van der Waals surface area contributed by atoms with Crippen molar-refractivity contribution in [3.05, 3.63) is 58.9 Å². The Kier molecular flexibility index (Phi) is 4.25. The van der Waals surface area contributed by atoms with Gasteiger partial charge in [-0.2, -0.15) is 0 Å². The summed E-state index contributed by atoms with van der Waals surface area (Å²) in [6.45, 7) is 1.84. The van der Waals surface area contributed by atoms with Gasteiger partial charge in [-0.3, -0.25) is 0 Å². The smallest absolute Gasteiger partial charge is 0.128 e. The molecule has 2 aromatic carbocycles. The molecule has 1 atom stereocenters. The van der Waals surface area contributed by atoms with Crippen LogP contribution in [-0.4, -0.2) is 14.2 Å². The minimum atomic E-state index is -0.570. The maximum atomic E-state index is 14.0. The summed E-state index contributed by atoms with van der Waals surface area (Å²) in [6.07, 6.45) is 0. The fourth-order valence-electron chi connectivity index (χ4n) is 2.07. The molecule has 0 aliphatic rings. The van der Waals surface area contributed by atoms with Crippen LogP contribution in [0.3, 0.4) is 0 Å². The highest BCUT2D eigenvalue weighted by Gasteiger charge is 2.15. The monoisotopic (exact) mass is 275 g/mol. The Morgan fingerprint density at radius 2 is 1.60 bits per heavy atom. The predicted octanol–water partition coefficient (Wildman–Crippen LogP) is 3.20. The molecule has 2 aromatic rings. The number of nitrogens with two attached hydrogens (primary N) is 1. The molecule has 0 radical (unpaired) electrons. The minimum Gasteiger partial charge on any atom is -0.497 e. The van der Waals surface area contributed by atoms with E-state index in [1.54, 1.807) is 38.5 Å². The molecule has 0 saturated carbocycles. The molecular weight excluding hydrogens is 257 g/mol. The quantitative estimate of drug-likeness (QED) is 0.932. The van der Waals surface area contributed by atoms with Gasteiger partial charge in [0, 0.05) is 11.6 Å². The highest BCUT2D eigenvalue weighted by Crippen LogP contribution is 2.29. The van der Waals surface area contributed by atoms with Gasteiger partial charge in [0.2, 0.25) is 0 Å². The van der Waals surface area contributed by atoms with E-state index in [-0.39, 0.29) is 5.82 Å². The van der Waals surface area contributed by atoms with Crippen molar-refractivity contribution < 1.29 is 13.9 Å². The lowest BCUT2D eigenvalue weighted by Gasteiger charge is -2.16. The van der Waals surface area contributed by atoms with E-state index in [4.69, 9.17) is 15.2 Å². The topological polar surface area (TPSA) is 44.5 Å². The maximum Gasteiger partial charge on any atom is 0.128 e. The fraction of sp³-hybridized carbons (Fsp3) is 0.250. The van der Waals surface area contributed by atoms with Crippen molar-refractivity contribution in [1.29, 1.82) is 0 Å². The van der Waals surface area contributed by atoms with Gasteiger partial charge in [0.25, 0.3) is 0 Å². The number of rotatable bonds is 4. The van der Waals surface area contributed by atoms with Crippen LogP contribution in [0.4, 0.5) is 4.39 Å². The number of benzene rings is 2. The number of aryl methyl sites for hydroxylation is 1. The van der Waals surface area contributed by atoms with Crippen LogP contribution in [0.15, 0.2) is 36.4 Å². The molecule has 0 fully saturated rings. The van der Waals surface area contributed by atoms with E-state index in [0.717, 1.165) is 11.1 Å². The van der Waals surface area contributed by atoms with Crippen LogP contribution in [0.5, 0.6) is 11.5 Å². The van der Waals surface area contributed by atoms with Crippen LogP contribution in [0.1, 0.15) is 22.7 Å². The zero-order chi connectivity index (χ0) is 14.7. The van der Waals surface area contributed by atoms with Gasteiger partial charge in [0.15, 0.2) is 0 Å². The van der Waals surface area contributed by atoms with Gasteiger partial charge in [0.1, 0.15) is 17.3 Å². The molecule has 20 heavy (non-hydrogen) atoms. The Morgan fingerprint density at radius 1 is 1.00 bits per heavy atom. The molecule has 0 aliphatic heterocycles. The summed E-state index contributed by atoms with van der Waals surface area (Å²) in [5.74, 6) is 0.948. The van der Waals surface area contributed by atoms with Crippen molar-refractivity contribution in [2.45, 2.75) is 13.0 Å². The third-order valence-corrected chi connectivity index (χ3v) is 3.22. The highest BCUT2D eigenvalue weighted by molar-refractivity contribution is 5.43. The second-order valence-corrected chi connectivity index (χ2v) is 4.65. The number of ether oxygens (including phenoxy) is 2. The van der Waals surface area contributed by atoms with Crippen molar-refractivity contribution in [2.24, 2.45) is 5.73 Å². The van der Waals surface area contributed by atoms with Gasteiger partial charge in [-0.05, 0) is 36.2 Å². The van der Waals surface area contributed by atoms with E-state index in [1.807, 2.05) is 13.0 Å². The Hall–Kier alpha value is -2.07. The zero-order valence-electron chi connectivity index (χ0n) is 11.8. The van der Waals surface area contributed by atoms with E-state index in [1.165, 1.54) is 6.07 Å². The second kappa shape index (κ2) is 5.92. The molecule has 0 saturated heterocycles. The number of methoxy groups -OCH3 is 2. The molecule has 2 rings (SSSR count). The van der Waals surface area contributed by atoms with Gasteiger partial charge < -0.3 is 15.2 Å². The van der Waals surface area contributed by atoms with E-state index in [0.29, 0.717) is 17.1 Å². The average molecular weight is 275 g/mol. The molecule has 0 aliphatic carbocycles. The molecule has 2 N–H and O–H groups in total. The third-order valence-electron chi connectivity index (χ3n) is 3.22. The highest BCUT2D eigenvalue weighted by atomic mass is 19.1. The first-order valence-electron chi connectivity index (χ1n) is 6.29. The molecule has 0 aromatic heterocycles. The number of hydrogen-bond acceptors (Lipinski definition) is 3. The average Bonchev–Trinajstić information content (AvgIpc) is 2.46. The summed E-state index contributed by atoms with van der Waals surface area (Å²) in [4.78, 5) is 0. The van der Waals surface area contributed by atoms with Crippen LogP contribution in [0, 0.1) is 12.7 Å². The number of hydrogen-bond donors (Lipinski definition) is 1. The fourth-order valence-corrected chi connectivity index (χ4v) is 2.07. The van der Waals surface area contributed by atoms with Gasteiger partial charge in [-0.15, -0.1) is 0 Å². The largest absolute Gasteiger partial charge is 0.497 e. The standard InChI is InChI=1S/C16H18FNO2/c1-10-4-5-14(15(17)6-10)16(18)11-7-12(19-2)9-13(8-11)20-3/h4-9,16H,18H2,1-3H3. The number of halogens is 1. The summed E-state index contributed by atoms with van der Waals surface area (Å²) in [7, 11) is 3.13. The second-order valence-electron chi connectivity index (χ2n) is 4.65. The summed E-state index contributed by atoms with van der Waals surface area (Å²) in [5.41, 5.74) is 8.22. The van der Waals surface area contributed by atoms with Crippen LogP contribution in [-0.2, 0) is 0 Å². The Morgan fingerprint density at radius 3 is 2.10 bits per heavy atom. The van der Waals surface area contributed by atoms with Crippen molar-refractivity contribution in [1.82, 2.24) is 0 Å². The Labute approximate surface area is 118 Å². The molecular formula is C16H18FNO2. The molecule has 3 nitrogen and oxygen atoms in total. The van der Waals surface area contributed by atoms with E-state index in [2.05, 4.69) is 0 Å². The lowest BCUT2D eigenvalue weighted by molar-refractivity contribution is 0.393. The van der Waals surface area contributed by atoms with Crippen molar-refractivity contribution in [2.75, 3.05) is 14.2 Å². The van der Waals surface area contributed by atoms with Crippen LogP contribution in [0.25, 0.3) is 0 Å². The maximum absolute atomic E-state index is 14.0. The summed E-state index contributed by atoms with van der Waals surface area (Å²) in [5, 5.41) is 0. The summed E-state index contributed by atoms with van der Waals surface area (Å²) in [6, 6.07) is 9.78. The van der Waals surface area contributed by atoms with Gasteiger partial charge in [-0.1, -0.05) is 12.1 Å². The van der Waals surface area contributed by atoms with Gasteiger partial charge in [-0.25, -0.2) is 4.39 Å². The third kappa shape index (κ3) is 2.91. The van der Waals surface area contributed by atoms with Crippen LogP contribution >= 0.6 is 0 Å². The van der Waals surface area contributed by atoms with E-state index in [9.17, 15) is 4.39 Å². The molecule has 106 valence electrons. The normalized spacial score (nSPS) is 12.1. The summed E-state index contributed by atoms with van der Waals surface area (Å²) >= 11 is 0. The Balaban J connectivity index is 2.44. The molecule has 4 heteroatoms. The van der Waals surface area contributed by atoms with Crippen molar-refractivity contribution in [3.8, 4) is 11.5 Å². The first kappa shape index (κ1) is 14.3. The molecule has 0 spiro atoms.